The summed E-state index contributed by atoms with van der Waals surface area (Å²) >= 11 is 1.97. The van der Waals surface area contributed by atoms with Crippen LogP contribution in [-0.4, -0.2) is 13.1 Å². The van der Waals surface area contributed by atoms with Gasteiger partial charge in [0.2, 0.25) is 0 Å². The monoisotopic (exact) mass is 251 g/mol. The molecule has 1 aliphatic carbocycles. The van der Waals surface area contributed by atoms with Gasteiger partial charge in [-0.1, -0.05) is 27.7 Å². The van der Waals surface area contributed by atoms with Gasteiger partial charge in [0.1, 0.15) is 0 Å². The second-order valence-electron chi connectivity index (χ2n) is 6.09. The van der Waals surface area contributed by atoms with Crippen LogP contribution in [0.15, 0.2) is 12.1 Å². The van der Waals surface area contributed by atoms with Crippen molar-refractivity contribution in [3.8, 4) is 0 Å². The largest absolute Gasteiger partial charge is 0.316 e. The molecule has 1 aromatic rings. The highest BCUT2D eigenvalue weighted by Gasteiger charge is 2.68. The van der Waals surface area contributed by atoms with E-state index in [1.165, 1.54) is 11.3 Å². The molecule has 0 bridgehead atoms. The molecule has 1 nitrogen and oxygen atoms in total. The third kappa shape index (κ3) is 1.96. The second-order valence-corrected chi connectivity index (χ2v) is 7.38. The van der Waals surface area contributed by atoms with Crippen molar-refractivity contribution in [3.63, 3.8) is 0 Å². The summed E-state index contributed by atoms with van der Waals surface area (Å²) in [5.41, 5.74) is 0.817. The molecule has 1 heterocycles. The van der Waals surface area contributed by atoms with E-state index < -0.39 is 0 Å². The lowest BCUT2D eigenvalue weighted by Crippen LogP contribution is -2.20. The maximum absolute atomic E-state index is 3.59. The Morgan fingerprint density at radius 1 is 1.29 bits per heavy atom. The van der Waals surface area contributed by atoms with Crippen molar-refractivity contribution in [1.82, 2.24) is 5.32 Å². The minimum Gasteiger partial charge on any atom is -0.316 e. The van der Waals surface area contributed by atoms with Crippen molar-refractivity contribution in [3.05, 3.63) is 21.9 Å². The van der Waals surface area contributed by atoms with Crippen molar-refractivity contribution < 1.29 is 0 Å². The van der Waals surface area contributed by atoms with Crippen LogP contribution in [0, 0.1) is 18.3 Å². The predicted octanol–water partition coefficient (Wildman–Crippen LogP) is 3.97. The molecule has 2 rings (SSSR count). The molecular formula is C15H25NS. The second kappa shape index (κ2) is 4.40. The first-order valence-electron chi connectivity index (χ1n) is 6.72. The van der Waals surface area contributed by atoms with Gasteiger partial charge in [0.15, 0.2) is 0 Å². The Bertz CT molecular complexity index is 393. The fraction of sp³-hybridized carbons (Fsp3) is 0.733. The molecular weight excluding hydrogens is 226 g/mol. The Kier molecular flexibility index (Phi) is 3.39. The number of nitrogens with one attached hydrogen (secondary N) is 1. The van der Waals surface area contributed by atoms with Gasteiger partial charge in [0.25, 0.3) is 0 Å². The number of aryl methyl sites for hydroxylation is 1. The zero-order chi connectivity index (χ0) is 12.7. The molecule has 17 heavy (non-hydrogen) atoms. The first-order valence-corrected chi connectivity index (χ1v) is 7.54. The molecule has 0 aromatic carbocycles. The first-order chi connectivity index (χ1) is 7.94. The SMILES string of the molecule is CCCNCC1C(C)(C)C1(C)c1ccc(C)s1. The van der Waals surface area contributed by atoms with E-state index in [4.69, 9.17) is 0 Å². The summed E-state index contributed by atoms with van der Waals surface area (Å²) in [6.45, 7) is 14.0. The van der Waals surface area contributed by atoms with Crippen molar-refractivity contribution in [2.75, 3.05) is 13.1 Å². The minimum absolute atomic E-state index is 0.382. The average molecular weight is 251 g/mol. The zero-order valence-corrected chi connectivity index (χ0v) is 12.6. The zero-order valence-electron chi connectivity index (χ0n) is 11.8. The third-order valence-corrected chi connectivity index (χ3v) is 6.09. The quantitative estimate of drug-likeness (QED) is 0.781. The van der Waals surface area contributed by atoms with Crippen LogP contribution >= 0.6 is 11.3 Å². The topological polar surface area (TPSA) is 12.0 Å². The van der Waals surface area contributed by atoms with Gasteiger partial charge in [0, 0.05) is 15.2 Å². The molecule has 1 aliphatic rings. The van der Waals surface area contributed by atoms with E-state index in [-0.39, 0.29) is 0 Å². The normalized spacial score (nSPS) is 30.5. The van der Waals surface area contributed by atoms with Crippen molar-refractivity contribution in [1.29, 1.82) is 0 Å². The summed E-state index contributed by atoms with van der Waals surface area (Å²) in [7, 11) is 0. The molecule has 1 saturated carbocycles. The number of hydrogen-bond acceptors (Lipinski definition) is 2. The third-order valence-electron chi connectivity index (χ3n) is 4.85. The van der Waals surface area contributed by atoms with Gasteiger partial charge in [-0.2, -0.15) is 0 Å². The first kappa shape index (κ1) is 13.1. The van der Waals surface area contributed by atoms with E-state index in [9.17, 15) is 0 Å². The molecule has 2 atom stereocenters. The molecule has 0 aliphatic heterocycles. The molecule has 1 fully saturated rings. The van der Waals surface area contributed by atoms with Crippen molar-refractivity contribution in [2.45, 2.75) is 46.5 Å². The molecule has 0 saturated heterocycles. The Morgan fingerprint density at radius 3 is 2.53 bits per heavy atom. The standard InChI is InChI=1S/C15H25NS/c1-6-9-16-10-12-14(3,4)15(12,5)13-8-7-11(2)17-13/h7-8,12,16H,6,9-10H2,1-5H3. The van der Waals surface area contributed by atoms with E-state index in [2.05, 4.69) is 52.1 Å². The fourth-order valence-corrected chi connectivity index (χ4v) is 4.42. The van der Waals surface area contributed by atoms with Gasteiger partial charge in [-0.25, -0.2) is 0 Å². The van der Waals surface area contributed by atoms with Crippen LogP contribution in [0.2, 0.25) is 0 Å². The molecule has 0 amide bonds. The van der Waals surface area contributed by atoms with E-state index >= 15 is 0 Å². The maximum Gasteiger partial charge on any atom is 0.0119 e. The summed E-state index contributed by atoms with van der Waals surface area (Å²) in [6, 6.07) is 4.59. The summed E-state index contributed by atoms with van der Waals surface area (Å²) in [6.07, 6.45) is 1.22. The van der Waals surface area contributed by atoms with Crippen molar-refractivity contribution in [2.24, 2.45) is 11.3 Å². The van der Waals surface area contributed by atoms with Crippen LogP contribution in [0.25, 0.3) is 0 Å². The highest BCUT2D eigenvalue weighted by molar-refractivity contribution is 7.12. The van der Waals surface area contributed by atoms with Crippen molar-refractivity contribution >= 4 is 11.3 Å². The Labute approximate surface area is 110 Å². The van der Waals surface area contributed by atoms with Gasteiger partial charge in [-0.3, -0.25) is 0 Å². The van der Waals surface area contributed by atoms with Gasteiger partial charge in [0.05, 0.1) is 0 Å². The molecule has 0 spiro atoms. The fourth-order valence-electron chi connectivity index (χ4n) is 3.19. The Morgan fingerprint density at radius 2 is 2.00 bits per heavy atom. The maximum atomic E-state index is 3.59. The van der Waals surface area contributed by atoms with E-state index in [1.54, 1.807) is 4.88 Å². The highest BCUT2D eigenvalue weighted by Crippen LogP contribution is 2.69. The summed E-state index contributed by atoms with van der Waals surface area (Å²) < 4.78 is 0. The van der Waals surface area contributed by atoms with E-state index in [1.807, 2.05) is 11.3 Å². The molecule has 0 radical (unpaired) electrons. The highest BCUT2D eigenvalue weighted by atomic mass is 32.1. The van der Waals surface area contributed by atoms with Crippen LogP contribution in [0.4, 0.5) is 0 Å². The number of thiophene rings is 1. The van der Waals surface area contributed by atoms with E-state index in [0.717, 1.165) is 19.0 Å². The summed E-state index contributed by atoms with van der Waals surface area (Å²) in [5.74, 6) is 0.777. The smallest absolute Gasteiger partial charge is 0.0119 e. The lowest BCUT2D eigenvalue weighted by atomic mass is 9.96. The van der Waals surface area contributed by atoms with Crippen LogP contribution in [0.1, 0.15) is 43.9 Å². The predicted molar refractivity (Wildman–Crippen MR) is 76.8 cm³/mol. The minimum atomic E-state index is 0.382. The summed E-state index contributed by atoms with van der Waals surface area (Å²) in [5, 5.41) is 3.59. The lowest BCUT2D eigenvalue weighted by molar-refractivity contribution is 0.508. The Hall–Kier alpha value is -0.340. The molecule has 1 aromatic heterocycles. The average Bonchev–Trinajstić information content (AvgIpc) is 2.64. The Balaban J connectivity index is 2.10. The van der Waals surface area contributed by atoms with Gasteiger partial charge in [-0.05, 0) is 49.9 Å². The van der Waals surface area contributed by atoms with Gasteiger partial charge in [-0.15, -0.1) is 11.3 Å². The molecule has 96 valence electrons. The number of rotatable bonds is 5. The molecule has 1 N–H and O–H groups in total. The summed E-state index contributed by atoms with van der Waals surface area (Å²) in [4.78, 5) is 3.01. The van der Waals surface area contributed by atoms with Crippen LogP contribution < -0.4 is 5.32 Å². The number of hydrogen-bond donors (Lipinski definition) is 1. The van der Waals surface area contributed by atoms with E-state index in [0.29, 0.717) is 10.8 Å². The van der Waals surface area contributed by atoms with Gasteiger partial charge < -0.3 is 5.32 Å². The molecule has 2 heteroatoms. The molecule has 2 unspecified atom stereocenters. The van der Waals surface area contributed by atoms with Crippen LogP contribution in [-0.2, 0) is 5.41 Å². The van der Waals surface area contributed by atoms with Gasteiger partial charge >= 0.3 is 0 Å². The van der Waals surface area contributed by atoms with Crippen LogP contribution in [0.3, 0.4) is 0 Å². The lowest BCUT2D eigenvalue weighted by Gasteiger charge is -2.12. The van der Waals surface area contributed by atoms with Crippen LogP contribution in [0.5, 0.6) is 0 Å².